The van der Waals surface area contributed by atoms with Gasteiger partial charge in [-0.25, -0.2) is 0 Å². The molecule has 0 bridgehead atoms. The standard InChI is InChI=1S/C14H26N2O3/c1-4-5-9-6-10(7-11(17)18)16-13(9)12(15)14(19)8(2)3/h4-5,8-10,12-14,16,19H,6-7,15H2,1-3H3,(H,17,18)/b5-4-. The highest BCUT2D eigenvalue weighted by atomic mass is 16.4. The summed E-state index contributed by atoms with van der Waals surface area (Å²) in [6, 6.07) is -0.535. The summed E-state index contributed by atoms with van der Waals surface area (Å²) in [5, 5.41) is 22.3. The average molecular weight is 270 g/mol. The van der Waals surface area contributed by atoms with Crippen molar-refractivity contribution in [1.29, 1.82) is 0 Å². The molecule has 19 heavy (non-hydrogen) atoms. The Morgan fingerprint density at radius 1 is 1.53 bits per heavy atom. The lowest BCUT2D eigenvalue weighted by molar-refractivity contribution is -0.137. The normalized spacial score (nSPS) is 30.9. The van der Waals surface area contributed by atoms with Gasteiger partial charge in [0.2, 0.25) is 0 Å². The third kappa shape index (κ3) is 4.30. The van der Waals surface area contributed by atoms with Crippen molar-refractivity contribution < 1.29 is 15.0 Å². The van der Waals surface area contributed by atoms with Crippen LogP contribution in [0.1, 0.15) is 33.6 Å². The SMILES string of the molecule is C/C=C\C1CC(CC(=O)O)NC1C(N)C(O)C(C)C. The predicted octanol–water partition coefficient (Wildman–Crippen LogP) is 0.728. The van der Waals surface area contributed by atoms with E-state index in [1.54, 1.807) is 0 Å². The van der Waals surface area contributed by atoms with Crippen molar-refractivity contribution in [2.24, 2.45) is 17.6 Å². The number of aliphatic hydroxyl groups is 1. The first-order valence-electron chi connectivity index (χ1n) is 6.91. The van der Waals surface area contributed by atoms with Crippen LogP contribution in [0.25, 0.3) is 0 Å². The third-order valence-electron chi connectivity index (χ3n) is 3.80. The second-order valence-electron chi connectivity index (χ2n) is 5.72. The van der Waals surface area contributed by atoms with Gasteiger partial charge in [-0.15, -0.1) is 0 Å². The van der Waals surface area contributed by atoms with Crippen LogP contribution in [0, 0.1) is 11.8 Å². The van der Waals surface area contributed by atoms with Gasteiger partial charge in [-0.2, -0.15) is 0 Å². The summed E-state index contributed by atoms with van der Waals surface area (Å²) in [4.78, 5) is 10.8. The van der Waals surface area contributed by atoms with E-state index in [9.17, 15) is 9.90 Å². The van der Waals surface area contributed by atoms with Crippen LogP contribution in [0.15, 0.2) is 12.2 Å². The molecule has 0 spiro atoms. The van der Waals surface area contributed by atoms with Gasteiger partial charge in [-0.3, -0.25) is 4.79 Å². The lowest BCUT2D eigenvalue weighted by Crippen LogP contribution is -2.54. The highest BCUT2D eigenvalue weighted by Gasteiger charge is 2.39. The Kier molecular flexibility index (Phi) is 5.97. The number of hydrogen-bond donors (Lipinski definition) is 4. The molecule has 0 aliphatic carbocycles. The van der Waals surface area contributed by atoms with Crippen LogP contribution in [0.3, 0.4) is 0 Å². The maximum absolute atomic E-state index is 10.8. The molecule has 0 radical (unpaired) electrons. The van der Waals surface area contributed by atoms with Gasteiger partial charge in [-0.1, -0.05) is 26.0 Å². The number of aliphatic carboxylic acids is 1. The Balaban J connectivity index is 2.75. The number of carboxylic acids is 1. The number of aliphatic hydroxyl groups excluding tert-OH is 1. The summed E-state index contributed by atoms with van der Waals surface area (Å²) in [5.41, 5.74) is 6.14. The first-order valence-corrected chi connectivity index (χ1v) is 6.91. The fourth-order valence-corrected chi connectivity index (χ4v) is 2.79. The van der Waals surface area contributed by atoms with Crippen LogP contribution in [-0.2, 0) is 4.79 Å². The van der Waals surface area contributed by atoms with Gasteiger partial charge in [0.15, 0.2) is 0 Å². The minimum atomic E-state index is -0.810. The van der Waals surface area contributed by atoms with Crippen molar-refractivity contribution in [2.75, 3.05) is 0 Å². The van der Waals surface area contributed by atoms with Gasteiger partial charge < -0.3 is 21.3 Å². The fourth-order valence-electron chi connectivity index (χ4n) is 2.79. The Hall–Kier alpha value is -0.910. The van der Waals surface area contributed by atoms with Gasteiger partial charge in [0.25, 0.3) is 0 Å². The molecule has 0 aromatic rings. The summed E-state index contributed by atoms with van der Waals surface area (Å²) >= 11 is 0. The first kappa shape index (κ1) is 16.1. The van der Waals surface area contributed by atoms with Crippen LogP contribution >= 0.6 is 0 Å². The molecule has 110 valence electrons. The van der Waals surface area contributed by atoms with E-state index in [-0.39, 0.29) is 36.4 Å². The number of allylic oxidation sites excluding steroid dienone is 1. The first-order chi connectivity index (χ1) is 8.86. The largest absolute Gasteiger partial charge is 0.481 e. The minimum Gasteiger partial charge on any atom is -0.481 e. The second kappa shape index (κ2) is 7.03. The number of carboxylic acid groups (broad SMARTS) is 1. The van der Waals surface area contributed by atoms with Crippen molar-refractivity contribution in [3.05, 3.63) is 12.2 Å². The highest BCUT2D eigenvalue weighted by Crippen LogP contribution is 2.27. The monoisotopic (exact) mass is 270 g/mol. The second-order valence-corrected chi connectivity index (χ2v) is 5.72. The molecule has 5 atom stereocenters. The molecular formula is C14H26N2O3. The topological polar surface area (TPSA) is 95.6 Å². The Bertz CT molecular complexity index is 331. The van der Waals surface area contributed by atoms with Crippen molar-refractivity contribution in [3.8, 4) is 0 Å². The molecule has 0 amide bonds. The highest BCUT2D eigenvalue weighted by molar-refractivity contribution is 5.67. The summed E-state index contributed by atoms with van der Waals surface area (Å²) in [7, 11) is 0. The van der Waals surface area contributed by atoms with Crippen LogP contribution in [0.2, 0.25) is 0 Å². The van der Waals surface area contributed by atoms with Gasteiger partial charge in [-0.05, 0) is 25.2 Å². The Morgan fingerprint density at radius 2 is 2.16 bits per heavy atom. The zero-order valence-corrected chi connectivity index (χ0v) is 11.9. The average Bonchev–Trinajstić information content (AvgIpc) is 2.69. The molecule has 1 aliphatic rings. The van der Waals surface area contributed by atoms with Crippen LogP contribution in [0.4, 0.5) is 0 Å². The smallest absolute Gasteiger partial charge is 0.304 e. The molecule has 0 aromatic carbocycles. The van der Waals surface area contributed by atoms with Crippen molar-refractivity contribution in [3.63, 3.8) is 0 Å². The van der Waals surface area contributed by atoms with E-state index in [2.05, 4.69) is 5.32 Å². The lowest BCUT2D eigenvalue weighted by atomic mass is 9.87. The van der Waals surface area contributed by atoms with E-state index in [0.29, 0.717) is 0 Å². The molecular weight excluding hydrogens is 244 g/mol. The van der Waals surface area contributed by atoms with E-state index >= 15 is 0 Å². The molecule has 1 aliphatic heterocycles. The molecule has 1 rings (SSSR count). The molecule has 0 saturated carbocycles. The van der Waals surface area contributed by atoms with Crippen molar-refractivity contribution >= 4 is 5.97 Å². The van der Waals surface area contributed by atoms with E-state index in [1.807, 2.05) is 32.9 Å². The zero-order valence-electron chi connectivity index (χ0n) is 11.9. The number of nitrogens with one attached hydrogen (secondary N) is 1. The molecule has 5 unspecified atom stereocenters. The molecule has 1 fully saturated rings. The summed E-state index contributed by atoms with van der Waals surface area (Å²) in [6.07, 6.45) is 4.26. The fraction of sp³-hybridized carbons (Fsp3) is 0.786. The zero-order chi connectivity index (χ0) is 14.6. The molecule has 5 nitrogen and oxygen atoms in total. The van der Waals surface area contributed by atoms with E-state index < -0.39 is 12.1 Å². The van der Waals surface area contributed by atoms with E-state index in [4.69, 9.17) is 10.8 Å². The van der Waals surface area contributed by atoms with Crippen molar-refractivity contribution in [1.82, 2.24) is 5.32 Å². The Labute approximate surface area is 114 Å². The Morgan fingerprint density at radius 3 is 2.63 bits per heavy atom. The van der Waals surface area contributed by atoms with Crippen LogP contribution < -0.4 is 11.1 Å². The number of carbonyl (C=O) groups is 1. The van der Waals surface area contributed by atoms with Gasteiger partial charge in [0.1, 0.15) is 0 Å². The molecule has 5 N–H and O–H groups in total. The third-order valence-corrected chi connectivity index (χ3v) is 3.80. The van der Waals surface area contributed by atoms with Gasteiger partial charge in [0, 0.05) is 18.1 Å². The summed E-state index contributed by atoms with van der Waals surface area (Å²) in [6.45, 7) is 5.80. The lowest BCUT2D eigenvalue weighted by Gasteiger charge is -2.30. The van der Waals surface area contributed by atoms with Gasteiger partial charge in [0.05, 0.1) is 12.5 Å². The maximum Gasteiger partial charge on any atom is 0.304 e. The number of hydrogen-bond acceptors (Lipinski definition) is 4. The van der Waals surface area contributed by atoms with Crippen LogP contribution in [0.5, 0.6) is 0 Å². The molecule has 1 heterocycles. The van der Waals surface area contributed by atoms with Gasteiger partial charge >= 0.3 is 5.97 Å². The quantitative estimate of drug-likeness (QED) is 0.534. The molecule has 1 saturated heterocycles. The predicted molar refractivity (Wildman–Crippen MR) is 74.7 cm³/mol. The van der Waals surface area contributed by atoms with E-state index in [1.165, 1.54) is 0 Å². The van der Waals surface area contributed by atoms with E-state index in [0.717, 1.165) is 6.42 Å². The number of nitrogens with two attached hydrogens (primary N) is 1. The minimum absolute atomic E-state index is 0.0713. The molecule has 5 heteroatoms. The van der Waals surface area contributed by atoms with Crippen LogP contribution in [-0.4, -0.2) is 40.4 Å². The van der Waals surface area contributed by atoms with Crippen molar-refractivity contribution in [2.45, 2.75) is 57.8 Å². The summed E-state index contributed by atoms with van der Waals surface area (Å²) in [5.74, 6) is -0.547. The molecule has 0 aromatic heterocycles. The summed E-state index contributed by atoms with van der Waals surface area (Å²) < 4.78 is 0. The maximum atomic E-state index is 10.8. The number of rotatable bonds is 6.